The molecule has 0 aliphatic carbocycles. The summed E-state index contributed by atoms with van der Waals surface area (Å²) < 4.78 is 5.50. The van der Waals surface area contributed by atoms with Crippen LogP contribution in [0.15, 0.2) is 58.0 Å². The second-order valence-electron chi connectivity index (χ2n) is 4.82. The van der Waals surface area contributed by atoms with Crippen molar-refractivity contribution < 1.29 is 14.3 Å². The van der Waals surface area contributed by atoms with Crippen molar-refractivity contribution in [3.05, 3.63) is 65.4 Å². The third-order valence-electron chi connectivity index (χ3n) is 3.32. The molecule has 0 aliphatic heterocycles. The smallest absolute Gasteiger partial charge is 0.307 e. The van der Waals surface area contributed by atoms with E-state index >= 15 is 0 Å². The molecule has 110 valence electrons. The lowest BCUT2D eigenvalue weighted by Gasteiger charge is -1.97. The van der Waals surface area contributed by atoms with Crippen molar-refractivity contribution in [2.45, 2.75) is 6.92 Å². The van der Waals surface area contributed by atoms with Crippen LogP contribution in [-0.2, 0) is 0 Å². The van der Waals surface area contributed by atoms with Crippen molar-refractivity contribution >= 4 is 23.1 Å². The number of carbonyl (C=O) groups is 1. The predicted molar refractivity (Wildman–Crippen MR) is 84.1 cm³/mol. The molecular weight excluding hydrogens is 280 g/mol. The summed E-state index contributed by atoms with van der Waals surface area (Å²) in [5.41, 5.74) is 4.35. The van der Waals surface area contributed by atoms with Crippen LogP contribution in [-0.4, -0.2) is 17.2 Å². The molecule has 0 spiro atoms. The number of hydrazone groups is 1. The monoisotopic (exact) mass is 294 g/mol. The fourth-order valence-electron chi connectivity index (χ4n) is 2.25. The molecule has 0 radical (unpaired) electrons. The molecule has 0 aliphatic rings. The number of hydrogen-bond acceptors (Lipinski definition) is 4. The summed E-state index contributed by atoms with van der Waals surface area (Å²) in [6, 6.07) is 14.3. The number of carbonyl (C=O) groups excluding carboxylic acids is 1. The number of nitrogens with one attached hydrogen (secondary N) is 1. The topological polar surface area (TPSA) is 74.8 Å². The molecule has 0 unspecified atom stereocenters. The van der Waals surface area contributed by atoms with Gasteiger partial charge in [0.25, 0.3) is 0 Å². The Labute approximate surface area is 126 Å². The van der Waals surface area contributed by atoms with Gasteiger partial charge in [0, 0.05) is 5.56 Å². The molecule has 0 saturated heterocycles. The Hall–Kier alpha value is -3.08. The first-order valence-electron chi connectivity index (χ1n) is 6.76. The van der Waals surface area contributed by atoms with Crippen LogP contribution in [0.2, 0.25) is 0 Å². The molecule has 1 aromatic heterocycles. The molecule has 1 heterocycles. The van der Waals surface area contributed by atoms with Gasteiger partial charge in [-0.05, 0) is 24.6 Å². The number of nitrogens with zero attached hydrogens (tertiary/aromatic N) is 1. The molecule has 0 fully saturated rings. The van der Waals surface area contributed by atoms with Gasteiger partial charge < -0.3 is 9.52 Å². The van der Waals surface area contributed by atoms with Gasteiger partial charge in [0.1, 0.15) is 11.3 Å². The Morgan fingerprint density at radius 3 is 2.68 bits per heavy atom. The normalized spacial score (nSPS) is 11.1. The van der Waals surface area contributed by atoms with Crippen molar-refractivity contribution in [1.29, 1.82) is 0 Å². The zero-order valence-electron chi connectivity index (χ0n) is 11.9. The molecule has 2 aromatic carbocycles. The van der Waals surface area contributed by atoms with E-state index in [0.29, 0.717) is 16.5 Å². The first-order valence-corrected chi connectivity index (χ1v) is 6.76. The average Bonchev–Trinajstić information content (AvgIpc) is 2.87. The highest BCUT2D eigenvalue weighted by Crippen LogP contribution is 2.32. The maximum absolute atomic E-state index is 12.1. The molecule has 5 heteroatoms. The summed E-state index contributed by atoms with van der Waals surface area (Å²) in [5, 5.41) is 14.3. The number of phenols is 1. The van der Waals surface area contributed by atoms with Crippen molar-refractivity contribution in [2.75, 3.05) is 0 Å². The van der Waals surface area contributed by atoms with Crippen molar-refractivity contribution in [2.24, 2.45) is 5.10 Å². The highest BCUT2D eigenvalue weighted by atomic mass is 16.3. The van der Waals surface area contributed by atoms with Gasteiger partial charge in [0.2, 0.25) is 0 Å². The van der Waals surface area contributed by atoms with E-state index in [0.717, 1.165) is 5.56 Å². The standard InChI is InChI=1S/C17H14N2O3/c1-11-15-13(20)8-5-9-14(15)22-16(11)17(21)19-18-10-12-6-3-2-4-7-12/h2-10,20H,1H3,(H,19,21). The second-order valence-corrected chi connectivity index (χ2v) is 4.82. The number of aromatic hydroxyl groups is 1. The Bertz CT molecular complexity index is 851. The third-order valence-corrected chi connectivity index (χ3v) is 3.32. The minimum atomic E-state index is -0.458. The molecule has 22 heavy (non-hydrogen) atoms. The van der Waals surface area contributed by atoms with Crippen LogP contribution in [0.1, 0.15) is 21.7 Å². The Kier molecular flexibility index (Phi) is 3.62. The van der Waals surface area contributed by atoms with Gasteiger partial charge in [-0.2, -0.15) is 5.10 Å². The van der Waals surface area contributed by atoms with Crippen LogP contribution in [0, 0.1) is 6.92 Å². The molecule has 1 amide bonds. The SMILES string of the molecule is Cc1c(C(=O)NN=Cc2ccccc2)oc2cccc(O)c12. The van der Waals surface area contributed by atoms with Crippen molar-refractivity contribution in [1.82, 2.24) is 5.43 Å². The lowest BCUT2D eigenvalue weighted by atomic mass is 10.1. The predicted octanol–water partition coefficient (Wildman–Crippen LogP) is 3.21. The average molecular weight is 294 g/mol. The highest BCUT2D eigenvalue weighted by molar-refractivity contribution is 6.00. The molecule has 3 rings (SSSR count). The zero-order chi connectivity index (χ0) is 15.5. The summed E-state index contributed by atoms with van der Waals surface area (Å²) in [4.78, 5) is 12.1. The zero-order valence-corrected chi connectivity index (χ0v) is 11.9. The van der Waals surface area contributed by atoms with E-state index < -0.39 is 5.91 Å². The first kappa shape index (κ1) is 13.9. The van der Waals surface area contributed by atoms with Gasteiger partial charge in [-0.3, -0.25) is 4.79 Å². The fraction of sp³-hybridized carbons (Fsp3) is 0.0588. The Morgan fingerprint density at radius 1 is 1.18 bits per heavy atom. The van der Waals surface area contributed by atoms with Crippen LogP contribution in [0.5, 0.6) is 5.75 Å². The quantitative estimate of drug-likeness (QED) is 0.575. The molecule has 5 nitrogen and oxygen atoms in total. The molecule has 3 aromatic rings. The number of phenolic OH excluding ortho intramolecular Hbond substituents is 1. The van der Waals surface area contributed by atoms with E-state index in [9.17, 15) is 9.90 Å². The van der Waals surface area contributed by atoms with Gasteiger partial charge in [-0.15, -0.1) is 0 Å². The number of aryl methyl sites for hydroxylation is 1. The summed E-state index contributed by atoms with van der Waals surface area (Å²) in [6.07, 6.45) is 1.55. The minimum Gasteiger partial charge on any atom is -0.507 e. The maximum Gasteiger partial charge on any atom is 0.307 e. The molecule has 2 N–H and O–H groups in total. The third kappa shape index (κ3) is 2.56. The van der Waals surface area contributed by atoms with Crippen LogP contribution in [0.25, 0.3) is 11.0 Å². The van der Waals surface area contributed by atoms with E-state index in [1.54, 1.807) is 31.3 Å². The number of amides is 1. The van der Waals surface area contributed by atoms with E-state index in [4.69, 9.17) is 4.42 Å². The Balaban J connectivity index is 1.82. The van der Waals surface area contributed by atoms with Crippen LogP contribution in [0.3, 0.4) is 0 Å². The summed E-state index contributed by atoms with van der Waals surface area (Å²) in [7, 11) is 0. The molecular formula is C17H14N2O3. The van der Waals surface area contributed by atoms with Gasteiger partial charge in [-0.25, -0.2) is 5.43 Å². The van der Waals surface area contributed by atoms with Crippen molar-refractivity contribution in [3.8, 4) is 5.75 Å². The number of hydrogen-bond donors (Lipinski definition) is 2. The van der Waals surface area contributed by atoms with E-state index in [2.05, 4.69) is 10.5 Å². The van der Waals surface area contributed by atoms with Crippen molar-refractivity contribution in [3.63, 3.8) is 0 Å². The second kappa shape index (κ2) is 5.73. The van der Waals surface area contributed by atoms with E-state index in [1.165, 1.54) is 0 Å². The summed E-state index contributed by atoms with van der Waals surface area (Å²) in [6.45, 7) is 1.72. The molecule has 0 saturated carbocycles. The number of rotatable bonds is 3. The van der Waals surface area contributed by atoms with E-state index in [-0.39, 0.29) is 11.5 Å². The van der Waals surface area contributed by atoms with Gasteiger partial charge in [0.15, 0.2) is 5.76 Å². The number of furan rings is 1. The lowest BCUT2D eigenvalue weighted by Crippen LogP contribution is -2.17. The lowest BCUT2D eigenvalue weighted by molar-refractivity contribution is 0.0929. The summed E-state index contributed by atoms with van der Waals surface area (Å²) in [5.74, 6) is -0.229. The summed E-state index contributed by atoms with van der Waals surface area (Å²) >= 11 is 0. The number of fused-ring (bicyclic) bond motifs is 1. The maximum atomic E-state index is 12.1. The Morgan fingerprint density at radius 2 is 1.95 bits per heavy atom. The van der Waals surface area contributed by atoms with Crippen LogP contribution < -0.4 is 5.43 Å². The fourth-order valence-corrected chi connectivity index (χ4v) is 2.25. The van der Waals surface area contributed by atoms with Gasteiger partial charge >= 0.3 is 5.91 Å². The highest BCUT2D eigenvalue weighted by Gasteiger charge is 2.19. The van der Waals surface area contributed by atoms with Crippen LogP contribution >= 0.6 is 0 Å². The number of benzene rings is 2. The molecule has 0 bridgehead atoms. The van der Waals surface area contributed by atoms with Gasteiger partial charge in [0.05, 0.1) is 11.6 Å². The van der Waals surface area contributed by atoms with E-state index in [1.807, 2.05) is 30.3 Å². The van der Waals surface area contributed by atoms with Gasteiger partial charge in [-0.1, -0.05) is 36.4 Å². The minimum absolute atomic E-state index is 0.0885. The van der Waals surface area contributed by atoms with Crippen LogP contribution in [0.4, 0.5) is 0 Å². The largest absolute Gasteiger partial charge is 0.507 e. The molecule has 0 atom stereocenters. The first-order chi connectivity index (χ1) is 10.7.